The van der Waals surface area contributed by atoms with Crippen molar-refractivity contribution in [3.63, 3.8) is 0 Å². The third kappa shape index (κ3) is 6.74. The molecule has 0 aromatic heterocycles. The Kier molecular flexibility index (Phi) is 8.62. The van der Waals surface area contributed by atoms with Gasteiger partial charge in [0.25, 0.3) is 0 Å². The SMILES string of the molecule is CCSCC(C)NC(=O)N(CC)C(C)CC(=O)O. The van der Waals surface area contributed by atoms with Gasteiger partial charge in [0.05, 0.1) is 6.42 Å². The molecule has 0 aliphatic rings. The van der Waals surface area contributed by atoms with Gasteiger partial charge >= 0.3 is 12.0 Å². The highest BCUT2D eigenvalue weighted by atomic mass is 32.2. The highest BCUT2D eigenvalue weighted by Gasteiger charge is 2.21. The number of carbonyl (C=O) groups is 2. The number of nitrogens with zero attached hydrogens (tertiary/aromatic N) is 1. The van der Waals surface area contributed by atoms with E-state index in [1.165, 1.54) is 0 Å². The lowest BCUT2D eigenvalue weighted by Crippen LogP contribution is -2.48. The van der Waals surface area contributed by atoms with Crippen molar-refractivity contribution < 1.29 is 14.7 Å². The maximum absolute atomic E-state index is 12.0. The van der Waals surface area contributed by atoms with Crippen LogP contribution in [-0.2, 0) is 4.79 Å². The lowest BCUT2D eigenvalue weighted by atomic mass is 10.2. The minimum Gasteiger partial charge on any atom is -0.481 e. The van der Waals surface area contributed by atoms with E-state index in [9.17, 15) is 9.59 Å². The third-order valence-corrected chi connectivity index (χ3v) is 3.69. The molecule has 2 unspecified atom stereocenters. The van der Waals surface area contributed by atoms with E-state index in [2.05, 4.69) is 12.2 Å². The van der Waals surface area contributed by atoms with Gasteiger partial charge in [-0.3, -0.25) is 4.79 Å². The van der Waals surface area contributed by atoms with Crippen molar-refractivity contribution in [2.45, 2.75) is 46.2 Å². The van der Waals surface area contributed by atoms with Crippen molar-refractivity contribution >= 4 is 23.8 Å². The normalized spacial score (nSPS) is 13.8. The Bertz CT molecular complexity index is 274. The van der Waals surface area contributed by atoms with Crippen molar-refractivity contribution in [3.8, 4) is 0 Å². The molecule has 0 bridgehead atoms. The molecule has 0 saturated carbocycles. The number of nitrogens with one attached hydrogen (secondary N) is 1. The fourth-order valence-electron chi connectivity index (χ4n) is 1.65. The average molecular weight is 276 g/mol. The van der Waals surface area contributed by atoms with Crippen molar-refractivity contribution in [3.05, 3.63) is 0 Å². The molecule has 0 heterocycles. The second kappa shape index (κ2) is 9.08. The van der Waals surface area contributed by atoms with E-state index in [1.54, 1.807) is 23.6 Å². The molecule has 0 aromatic rings. The zero-order valence-corrected chi connectivity index (χ0v) is 12.4. The number of amides is 2. The van der Waals surface area contributed by atoms with Crippen LogP contribution in [0, 0.1) is 0 Å². The summed E-state index contributed by atoms with van der Waals surface area (Å²) in [7, 11) is 0. The molecule has 2 amide bonds. The van der Waals surface area contributed by atoms with Crippen LogP contribution in [0.3, 0.4) is 0 Å². The van der Waals surface area contributed by atoms with Crippen LogP contribution in [0.1, 0.15) is 34.1 Å². The largest absolute Gasteiger partial charge is 0.481 e. The van der Waals surface area contributed by atoms with Gasteiger partial charge < -0.3 is 15.3 Å². The zero-order valence-electron chi connectivity index (χ0n) is 11.6. The van der Waals surface area contributed by atoms with Gasteiger partial charge in [0.1, 0.15) is 0 Å². The molecule has 6 heteroatoms. The summed E-state index contributed by atoms with van der Waals surface area (Å²) >= 11 is 1.77. The first-order chi connectivity index (χ1) is 8.42. The molecule has 2 atom stereocenters. The third-order valence-electron chi connectivity index (χ3n) is 2.55. The van der Waals surface area contributed by atoms with E-state index < -0.39 is 5.97 Å². The second-order valence-corrected chi connectivity index (χ2v) is 5.56. The van der Waals surface area contributed by atoms with Gasteiger partial charge in [-0.05, 0) is 26.5 Å². The van der Waals surface area contributed by atoms with Crippen LogP contribution in [-0.4, -0.2) is 52.1 Å². The van der Waals surface area contributed by atoms with Gasteiger partial charge in [-0.25, -0.2) is 4.79 Å². The fraction of sp³-hybridized carbons (Fsp3) is 0.833. The van der Waals surface area contributed by atoms with Crippen molar-refractivity contribution in [1.29, 1.82) is 0 Å². The minimum atomic E-state index is -0.886. The average Bonchev–Trinajstić information content (AvgIpc) is 2.26. The number of carbonyl (C=O) groups excluding carboxylic acids is 1. The Balaban J connectivity index is 4.29. The first kappa shape index (κ1) is 17.1. The van der Waals surface area contributed by atoms with Gasteiger partial charge in [0.15, 0.2) is 0 Å². The number of aliphatic carboxylic acids is 1. The van der Waals surface area contributed by atoms with Crippen molar-refractivity contribution in [2.24, 2.45) is 0 Å². The predicted octanol–water partition coefficient (Wildman–Crippen LogP) is 2.02. The molecule has 106 valence electrons. The maximum atomic E-state index is 12.0. The summed E-state index contributed by atoms with van der Waals surface area (Å²) in [5.74, 6) is 1.00. The van der Waals surface area contributed by atoms with Crippen molar-refractivity contribution in [1.82, 2.24) is 10.2 Å². The highest BCUT2D eigenvalue weighted by molar-refractivity contribution is 7.99. The van der Waals surface area contributed by atoms with Gasteiger partial charge in [-0.15, -0.1) is 0 Å². The molecule has 0 radical (unpaired) electrons. The van der Waals surface area contributed by atoms with Gasteiger partial charge in [-0.1, -0.05) is 6.92 Å². The number of thioether (sulfide) groups is 1. The standard InChI is InChI=1S/C12H24N2O3S/c1-5-14(10(4)7-11(15)16)12(17)13-9(3)8-18-6-2/h9-10H,5-8H2,1-4H3,(H,13,17)(H,15,16). The molecule has 18 heavy (non-hydrogen) atoms. The fourth-order valence-corrected chi connectivity index (χ4v) is 2.32. The molecule has 0 aliphatic carbocycles. The highest BCUT2D eigenvalue weighted by Crippen LogP contribution is 2.06. The van der Waals surface area contributed by atoms with Crippen molar-refractivity contribution in [2.75, 3.05) is 18.1 Å². The summed E-state index contributed by atoms with van der Waals surface area (Å²) in [6, 6.07) is -0.387. The molecule has 0 spiro atoms. The number of hydrogen-bond donors (Lipinski definition) is 2. The molecule has 0 aromatic carbocycles. The monoisotopic (exact) mass is 276 g/mol. The molecular weight excluding hydrogens is 252 g/mol. The summed E-state index contributed by atoms with van der Waals surface area (Å²) in [6.07, 6.45) is -0.0284. The minimum absolute atomic E-state index is 0.0284. The van der Waals surface area contributed by atoms with Crippen LogP contribution in [0.2, 0.25) is 0 Å². The van der Waals surface area contributed by atoms with E-state index in [-0.39, 0.29) is 24.5 Å². The van der Waals surface area contributed by atoms with Gasteiger partial charge in [0.2, 0.25) is 0 Å². The lowest BCUT2D eigenvalue weighted by Gasteiger charge is -2.28. The Labute approximate surface area is 113 Å². The van der Waals surface area contributed by atoms with E-state index in [1.807, 2.05) is 13.8 Å². The number of rotatable bonds is 8. The van der Waals surface area contributed by atoms with Crippen LogP contribution in [0.15, 0.2) is 0 Å². The van der Waals surface area contributed by atoms with Crippen LogP contribution in [0.5, 0.6) is 0 Å². The Morgan fingerprint density at radius 2 is 1.94 bits per heavy atom. The van der Waals surface area contributed by atoms with E-state index in [4.69, 9.17) is 5.11 Å². The molecular formula is C12H24N2O3S. The van der Waals surface area contributed by atoms with Crippen LogP contribution >= 0.6 is 11.8 Å². The van der Waals surface area contributed by atoms with Crippen LogP contribution in [0.25, 0.3) is 0 Å². The van der Waals surface area contributed by atoms with E-state index >= 15 is 0 Å². The van der Waals surface area contributed by atoms with E-state index in [0.29, 0.717) is 6.54 Å². The number of hydrogen-bond acceptors (Lipinski definition) is 3. The quantitative estimate of drug-likeness (QED) is 0.711. The maximum Gasteiger partial charge on any atom is 0.317 e. The zero-order chi connectivity index (χ0) is 14.1. The summed E-state index contributed by atoms with van der Waals surface area (Å²) in [5.41, 5.74) is 0. The topological polar surface area (TPSA) is 69.6 Å². The summed E-state index contributed by atoms with van der Waals surface area (Å²) in [4.78, 5) is 24.2. The Morgan fingerprint density at radius 1 is 1.33 bits per heavy atom. The molecule has 0 aliphatic heterocycles. The summed E-state index contributed by atoms with van der Waals surface area (Å²) in [5, 5.41) is 11.6. The van der Waals surface area contributed by atoms with Crippen LogP contribution < -0.4 is 5.32 Å². The Morgan fingerprint density at radius 3 is 2.39 bits per heavy atom. The van der Waals surface area contributed by atoms with E-state index in [0.717, 1.165) is 11.5 Å². The molecule has 0 saturated heterocycles. The summed E-state index contributed by atoms with van der Waals surface area (Å²) < 4.78 is 0. The molecule has 2 N–H and O–H groups in total. The molecule has 0 rings (SSSR count). The Hall–Kier alpha value is -0.910. The lowest BCUT2D eigenvalue weighted by molar-refractivity contribution is -0.138. The molecule has 0 fully saturated rings. The first-order valence-corrected chi connectivity index (χ1v) is 7.44. The predicted molar refractivity (Wildman–Crippen MR) is 75.1 cm³/mol. The number of urea groups is 1. The second-order valence-electron chi connectivity index (χ2n) is 4.24. The smallest absolute Gasteiger partial charge is 0.317 e. The number of carboxylic acids is 1. The summed E-state index contributed by atoms with van der Waals surface area (Å²) in [6.45, 7) is 8.14. The van der Waals surface area contributed by atoms with Gasteiger partial charge in [0, 0.05) is 24.4 Å². The number of carboxylic acid groups (broad SMARTS) is 1. The van der Waals surface area contributed by atoms with Gasteiger partial charge in [-0.2, -0.15) is 11.8 Å². The molecule has 5 nitrogen and oxygen atoms in total. The first-order valence-electron chi connectivity index (χ1n) is 6.28. The van der Waals surface area contributed by atoms with Crippen LogP contribution in [0.4, 0.5) is 4.79 Å².